The van der Waals surface area contributed by atoms with Gasteiger partial charge >= 0.3 is 24.1 Å². The molecule has 3 aromatic rings. The molecule has 0 fully saturated rings. The molecule has 43 heavy (non-hydrogen) atoms. The van der Waals surface area contributed by atoms with Crippen molar-refractivity contribution in [1.29, 1.82) is 0 Å². The van der Waals surface area contributed by atoms with Crippen LogP contribution in [0.4, 0.5) is 31.1 Å². The molecule has 0 aliphatic carbocycles. The summed E-state index contributed by atoms with van der Waals surface area (Å²) in [5.74, 6) is -1.06. The van der Waals surface area contributed by atoms with Crippen LogP contribution in [0.3, 0.4) is 0 Å². The molecule has 1 unspecified atom stereocenters. The number of alkyl carbamates (subject to hydrolysis) is 1. The maximum Gasteiger partial charge on any atom is 0.416 e. The van der Waals surface area contributed by atoms with Gasteiger partial charge in [-0.1, -0.05) is 29.8 Å². The third kappa shape index (κ3) is 9.76. The first-order chi connectivity index (χ1) is 19.8. The molecule has 1 atom stereocenters. The molecule has 0 radical (unpaired) electrons. The first-order valence-electron chi connectivity index (χ1n) is 12.8. The quantitative estimate of drug-likeness (QED) is 0.293. The van der Waals surface area contributed by atoms with Crippen molar-refractivity contribution < 1.29 is 40.7 Å². The van der Waals surface area contributed by atoms with E-state index in [1.165, 1.54) is 30.3 Å². The minimum atomic E-state index is -4.79. The van der Waals surface area contributed by atoms with Crippen LogP contribution in [0.1, 0.15) is 44.4 Å². The van der Waals surface area contributed by atoms with E-state index in [1.807, 2.05) is 0 Å². The van der Waals surface area contributed by atoms with Crippen molar-refractivity contribution in [3.63, 3.8) is 0 Å². The van der Waals surface area contributed by atoms with Gasteiger partial charge in [-0.15, -0.1) is 5.10 Å². The summed E-state index contributed by atoms with van der Waals surface area (Å²) in [5, 5.41) is 9.03. The molecule has 16 heteroatoms. The SMILES string of the molecule is CC(C)(C)OC(=O)NC(CNC(=O)Cn1nc(-c2ccc(Cl)cc2)n(CCC(F)(F)F)c1=O)c1ccccc1C(F)(F)F. The van der Waals surface area contributed by atoms with Crippen molar-refractivity contribution in [2.45, 2.75) is 64.3 Å². The van der Waals surface area contributed by atoms with Gasteiger partial charge in [-0.3, -0.25) is 9.36 Å². The molecule has 0 aliphatic rings. The zero-order chi connectivity index (χ0) is 32.2. The predicted octanol–water partition coefficient (Wildman–Crippen LogP) is 5.72. The van der Waals surface area contributed by atoms with Gasteiger partial charge in [0.05, 0.1) is 18.0 Å². The van der Waals surface area contributed by atoms with Crippen molar-refractivity contribution in [1.82, 2.24) is 25.0 Å². The predicted molar refractivity (Wildman–Crippen MR) is 144 cm³/mol. The van der Waals surface area contributed by atoms with Gasteiger partial charge < -0.3 is 15.4 Å². The molecule has 1 heterocycles. The third-order valence-electron chi connectivity index (χ3n) is 5.77. The van der Waals surface area contributed by atoms with Crippen LogP contribution in [-0.2, 0) is 28.8 Å². The number of benzene rings is 2. The Morgan fingerprint density at radius 2 is 1.63 bits per heavy atom. The van der Waals surface area contributed by atoms with E-state index in [1.54, 1.807) is 20.8 Å². The molecule has 2 amide bonds. The summed E-state index contributed by atoms with van der Waals surface area (Å²) >= 11 is 5.88. The minimum Gasteiger partial charge on any atom is -0.444 e. The Morgan fingerprint density at radius 3 is 2.21 bits per heavy atom. The van der Waals surface area contributed by atoms with Gasteiger partial charge in [-0.25, -0.2) is 14.3 Å². The Bertz CT molecular complexity index is 1490. The molecule has 3 rings (SSSR count). The average molecular weight is 636 g/mol. The number of carbonyl (C=O) groups is 2. The Kier molecular flexibility index (Phi) is 10.2. The van der Waals surface area contributed by atoms with Crippen LogP contribution < -0.4 is 16.3 Å². The van der Waals surface area contributed by atoms with Crippen molar-refractivity contribution >= 4 is 23.6 Å². The van der Waals surface area contributed by atoms with Crippen LogP contribution in [0.25, 0.3) is 11.4 Å². The fraction of sp³-hybridized carbons (Fsp3) is 0.407. The molecule has 0 saturated heterocycles. The van der Waals surface area contributed by atoms with E-state index >= 15 is 0 Å². The zero-order valence-electron chi connectivity index (χ0n) is 23.1. The van der Waals surface area contributed by atoms with Crippen LogP contribution >= 0.6 is 11.6 Å². The summed E-state index contributed by atoms with van der Waals surface area (Å²) < 4.78 is 86.6. The van der Waals surface area contributed by atoms with Crippen LogP contribution in [0.5, 0.6) is 0 Å². The topological polar surface area (TPSA) is 107 Å². The van der Waals surface area contributed by atoms with E-state index in [9.17, 15) is 40.7 Å². The van der Waals surface area contributed by atoms with Crippen LogP contribution in [0.2, 0.25) is 5.02 Å². The molecular formula is C27H28ClF6N5O4. The maximum absolute atomic E-state index is 13.7. The van der Waals surface area contributed by atoms with Gasteiger partial charge in [0.2, 0.25) is 5.91 Å². The largest absolute Gasteiger partial charge is 0.444 e. The molecule has 2 aromatic carbocycles. The second-order valence-corrected chi connectivity index (χ2v) is 10.8. The number of aromatic nitrogens is 3. The molecule has 0 bridgehead atoms. The van der Waals surface area contributed by atoms with E-state index in [2.05, 4.69) is 15.7 Å². The van der Waals surface area contributed by atoms with Crippen molar-refractivity contribution in [2.75, 3.05) is 6.54 Å². The number of hydrogen-bond donors (Lipinski definition) is 2. The molecule has 2 N–H and O–H groups in total. The highest BCUT2D eigenvalue weighted by molar-refractivity contribution is 6.30. The number of hydrogen-bond acceptors (Lipinski definition) is 5. The van der Waals surface area contributed by atoms with Crippen molar-refractivity contribution in [3.05, 3.63) is 75.2 Å². The zero-order valence-corrected chi connectivity index (χ0v) is 23.9. The normalized spacial score (nSPS) is 13.0. The first-order valence-corrected chi connectivity index (χ1v) is 13.1. The van der Waals surface area contributed by atoms with E-state index in [0.29, 0.717) is 9.70 Å². The highest BCUT2D eigenvalue weighted by atomic mass is 35.5. The molecule has 0 spiro atoms. The van der Waals surface area contributed by atoms with Gasteiger partial charge in [0.25, 0.3) is 0 Å². The molecular weight excluding hydrogens is 608 g/mol. The summed E-state index contributed by atoms with van der Waals surface area (Å²) in [4.78, 5) is 38.2. The Morgan fingerprint density at radius 1 is 1.00 bits per heavy atom. The molecule has 234 valence electrons. The lowest BCUT2D eigenvalue weighted by Gasteiger charge is -2.26. The highest BCUT2D eigenvalue weighted by Crippen LogP contribution is 2.34. The van der Waals surface area contributed by atoms with Gasteiger partial charge in [0.15, 0.2) is 5.82 Å². The number of nitrogens with zero attached hydrogens (tertiary/aromatic N) is 3. The maximum atomic E-state index is 13.7. The average Bonchev–Trinajstić information content (AvgIpc) is 3.18. The summed E-state index contributed by atoms with van der Waals surface area (Å²) in [7, 11) is 0. The Labute approximate surface area is 246 Å². The smallest absolute Gasteiger partial charge is 0.416 e. The second-order valence-electron chi connectivity index (χ2n) is 10.4. The van der Waals surface area contributed by atoms with E-state index in [4.69, 9.17) is 16.3 Å². The fourth-order valence-corrected chi connectivity index (χ4v) is 4.08. The summed E-state index contributed by atoms with van der Waals surface area (Å²) in [6, 6.07) is 8.76. The number of amides is 2. The van der Waals surface area contributed by atoms with E-state index in [-0.39, 0.29) is 17.0 Å². The van der Waals surface area contributed by atoms with E-state index < -0.39 is 73.3 Å². The number of alkyl halides is 6. The van der Waals surface area contributed by atoms with Gasteiger partial charge in [-0.2, -0.15) is 26.3 Å². The summed E-state index contributed by atoms with van der Waals surface area (Å²) in [6.45, 7) is 2.54. The lowest BCUT2D eigenvalue weighted by atomic mass is 9.99. The molecule has 1 aromatic heterocycles. The number of halogens is 7. The van der Waals surface area contributed by atoms with Gasteiger partial charge in [0.1, 0.15) is 12.1 Å². The molecule has 9 nitrogen and oxygen atoms in total. The third-order valence-corrected chi connectivity index (χ3v) is 6.03. The number of rotatable bonds is 9. The minimum absolute atomic E-state index is 0.151. The number of carbonyl (C=O) groups excluding carboxylic acids is 2. The first kappa shape index (κ1) is 33.5. The lowest BCUT2D eigenvalue weighted by molar-refractivity contribution is -0.138. The van der Waals surface area contributed by atoms with Gasteiger partial charge in [0, 0.05) is 23.7 Å². The van der Waals surface area contributed by atoms with Crippen LogP contribution in [0.15, 0.2) is 53.3 Å². The molecule has 0 aliphatic heterocycles. The van der Waals surface area contributed by atoms with Crippen LogP contribution in [-0.4, -0.2) is 44.7 Å². The summed E-state index contributed by atoms with van der Waals surface area (Å²) in [5.41, 5.74) is -3.16. The lowest BCUT2D eigenvalue weighted by Crippen LogP contribution is -2.42. The number of nitrogens with one attached hydrogen (secondary N) is 2. The van der Waals surface area contributed by atoms with Crippen molar-refractivity contribution in [2.24, 2.45) is 0 Å². The monoisotopic (exact) mass is 635 g/mol. The molecule has 0 saturated carbocycles. The fourth-order valence-electron chi connectivity index (χ4n) is 3.95. The van der Waals surface area contributed by atoms with Crippen molar-refractivity contribution in [3.8, 4) is 11.4 Å². The van der Waals surface area contributed by atoms with Crippen LogP contribution in [0, 0.1) is 0 Å². The standard InChI is InChI=1S/C27H28ClF6N5O4/c1-25(2,3)43-23(41)36-20(18-6-4-5-7-19(18)27(32,33)34)14-35-21(40)15-39-24(42)38(13-12-26(29,30)31)22(37-39)16-8-10-17(28)11-9-16/h4-11,20H,12-15H2,1-3H3,(H,35,40)(H,36,41). The highest BCUT2D eigenvalue weighted by Gasteiger charge is 2.36. The van der Waals surface area contributed by atoms with Gasteiger partial charge in [-0.05, 0) is 56.7 Å². The second kappa shape index (κ2) is 13.1. The Balaban J connectivity index is 1.87. The summed E-state index contributed by atoms with van der Waals surface area (Å²) in [6.07, 6.45) is -11.8. The van der Waals surface area contributed by atoms with E-state index in [0.717, 1.165) is 22.8 Å². The Hall–Kier alpha value is -4.01. The number of ether oxygens (including phenoxy) is 1.